The van der Waals surface area contributed by atoms with Gasteiger partial charge in [-0.15, -0.1) is 0 Å². The molecule has 1 aliphatic rings. The van der Waals surface area contributed by atoms with E-state index in [0.29, 0.717) is 11.5 Å². The molecule has 0 radical (unpaired) electrons. The first-order valence-corrected chi connectivity index (χ1v) is 10.3. The molecule has 5 heteroatoms. The fraction of sp³-hybridized carbons (Fsp3) is 0.192. The van der Waals surface area contributed by atoms with Gasteiger partial charge in [0.2, 0.25) is 5.78 Å². The van der Waals surface area contributed by atoms with Crippen molar-refractivity contribution < 1.29 is 19.7 Å². The van der Waals surface area contributed by atoms with Gasteiger partial charge in [0.1, 0.15) is 0 Å². The van der Waals surface area contributed by atoms with Crippen LogP contribution in [0.3, 0.4) is 0 Å². The van der Waals surface area contributed by atoms with Crippen molar-refractivity contribution in [2.75, 3.05) is 0 Å². The van der Waals surface area contributed by atoms with Gasteiger partial charge >= 0.3 is 0 Å². The number of amides is 1. The molecule has 1 atom stereocenters. The lowest BCUT2D eigenvalue weighted by molar-refractivity contribution is -0.378. The van der Waals surface area contributed by atoms with Crippen LogP contribution in [0.2, 0.25) is 0 Å². The number of nitrogens with one attached hydrogen (secondary N) is 1. The highest BCUT2D eigenvalue weighted by atomic mass is 16.3. The van der Waals surface area contributed by atoms with Gasteiger partial charge in [0, 0.05) is 17.2 Å². The molecule has 31 heavy (non-hydrogen) atoms. The summed E-state index contributed by atoms with van der Waals surface area (Å²) in [5.74, 6) is -1.43. The smallest absolute Gasteiger partial charge is 0.295 e. The van der Waals surface area contributed by atoms with Gasteiger partial charge in [-0.1, -0.05) is 74.2 Å². The first kappa shape index (κ1) is 20.5. The number of aromatic nitrogens is 1. The predicted octanol–water partition coefficient (Wildman–Crippen LogP) is 3.05. The molecule has 1 N–H and O–H groups in total. The second-order valence-electron chi connectivity index (χ2n) is 8.01. The van der Waals surface area contributed by atoms with Crippen LogP contribution < -0.4 is 10.1 Å². The van der Waals surface area contributed by atoms with Crippen molar-refractivity contribution in [1.82, 2.24) is 4.90 Å². The summed E-state index contributed by atoms with van der Waals surface area (Å²) in [7, 11) is 0. The molecular weight excluding hydrogens is 388 g/mol. The summed E-state index contributed by atoms with van der Waals surface area (Å²) in [4.78, 5) is 30.5. The van der Waals surface area contributed by atoms with Gasteiger partial charge in [-0.3, -0.25) is 9.59 Å². The lowest BCUT2D eigenvalue weighted by Gasteiger charge is -2.27. The van der Waals surface area contributed by atoms with Crippen LogP contribution in [-0.2, 0) is 16.1 Å². The fourth-order valence-electron chi connectivity index (χ4n) is 3.91. The van der Waals surface area contributed by atoms with Crippen LogP contribution >= 0.6 is 0 Å². The number of pyridine rings is 1. The Morgan fingerprint density at radius 3 is 2.32 bits per heavy atom. The molecule has 2 aromatic carbocycles. The van der Waals surface area contributed by atoms with Crippen LogP contribution in [0.1, 0.15) is 48.1 Å². The minimum atomic E-state index is -0.730. The number of hydrogen-bond donors (Lipinski definition) is 0. The third-order valence-electron chi connectivity index (χ3n) is 5.61. The summed E-state index contributed by atoms with van der Waals surface area (Å²) in [6.45, 7) is 4.43. The molecule has 156 valence electrons. The Labute approximate surface area is 181 Å². The zero-order valence-electron chi connectivity index (χ0n) is 17.5. The first-order valence-electron chi connectivity index (χ1n) is 10.3. The van der Waals surface area contributed by atoms with Crippen molar-refractivity contribution >= 4 is 17.4 Å². The highest BCUT2D eigenvalue weighted by Crippen LogP contribution is 2.39. The molecule has 4 rings (SSSR count). The first-order chi connectivity index (χ1) is 15.0. The Hall–Kier alpha value is -3.73. The van der Waals surface area contributed by atoms with Gasteiger partial charge in [-0.25, -0.2) is 4.98 Å². The molecule has 0 bridgehead atoms. The molecule has 1 fully saturated rings. The SMILES string of the molecule is CC(C)c1ccc(C2/C(=C(\[O-])c3ccccc3)C(=O)C(=O)N2Cc2ccc[nH+]c2)cc1. The summed E-state index contributed by atoms with van der Waals surface area (Å²) in [5, 5.41) is 13.3. The Bertz CT molecular complexity index is 1120. The van der Waals surface area contributed by atoms with Crippen molar-refractivity contribution in [2.24, 2.45) is 0 Å². The van der Waals surface area contributed by atoms with E-state index in [4.69, 9.17) is 0 Å². The van der Waals surface area contributed by atoms with Crippen LogP contribution in [0.15, 0.2) is 84.7 Å². The molecular formula is C26H24N2O3. The molecule has 3 aromatic rings. The minimum Gasteiger partial charge on any atom is -0.872 e. The van der Waals surface area contributed by atoms with E-state index < -0.39 is 23.5 Å². The lowest BCUT2D eigenvalue weighted by atomic mass is 9.93. The van der Waals surface area contributed by atoms with Gasteiger partial charge < -0.3 is 10.0 Å². The molecule has 1 amide bonds. The van der Waals surface area contributed by atoms with E-state index in [1.807, 2.05) is 42.5 Å². The van der Waals surface area contributed by atoms with Crippen molar-refractivity contribution in [1.29, 1.82) is 0 Å². The Morgan fingerprint density at radius 2 is 1.71 bits per heavy atom. The lowest BCUT2D eigenvalue weighted by Crippen LogP contribution is -2.29. The van der Waals surface area contributed by atoms with Gasteiger partial charge in [0.05, 0.1) is 12.6 Å². The van der Waals surface area contributed by atoms with Crippen molar-refractivity contribution in [2.45, 2.75) is 32.4 Å². The maximum atomic E-state index is 13.3. The number of Topliss-reactive ketones (excluding diaryl/α,β-unsaturated/α-hetero) is 1. The molecule has 0 aliphatic carbocycles. The summed E-state index contributed by atoms with van der Waals surface area (Å²) in [6.07, 6.45) is 3.56. The number of H-pyrrole nitrogens is 1. The maximum Gasteiger partial charge on any atom is 0.295 e. The monoisotopic (exact) mass is 412 g/mol. The van der Waals surface area contributed by atoms with Crippen LogP contribution in [0.4, 0.5) is 0 Å². The fourth-order valence-corrected chi connectivity index (χ4v) is 3.91. The van der Waals surface area contributed by atoms with E-state index in [1.165, 1.54) is 4.90 Å². The highest BCUT2D eigenvalue weighted by molar-refractivity contribution is 6.46. The van der Waals surface area contributed by atoms with E-state index in [9.17, 15) is 14.7 Å². The number of carbonyl (C=O) groups is 2. The quantitative estimate of drug-likeness (QED) is 0.367. The topological polar surface area (TPSA) is 74.6 Å². The number of carbonyl (C=O) groups excluding carboxylic acids is 2. The largest absolute Gasteiger partial charge is 0.872 e. The number of aromatic amines is 1. The van der Waals surface area contributed by atoms with Crippen LogP contribution in [0.5, 0.6) is 0 Å². The van der Waals surface area contributed by atoms with Crippen molar-refractivity contribution in [3.05, 3.63) is 107 Å². The van der Waals surface area contributed by atoms with Crippen molar-refractivity contribution in [3.8, 4) is 0 Å². The second kappa shape index (κ2) is 8.56. The Morgan fingerprint density at radius 1 is 1.00 bits per heavy atom. The average Bonchev–Trinajstić information content (AvgIpc) is 3.05. The maximum absolute atomic E-state index is 13.3. The highest BCUT2D eigenvalue weighted by Gasteiger charge is 2.44. The molecule has 1 aliphatic heterocycles. The van der Waals surface area contributed by atoms with E-state index in [-0.39, 0.29) is 12.1 Å². The summed E-state index contributed by atoms with van der Waals surface area (Å²) >= 11 is 0. The molecule has 1 aromatic heterocycles. The van der Waals surface area contributed by atoms with E-state index in [2.05, 4.69) is 18.8 Å². The standard InChI is InChI=1S/C26H24N2O3/c1-17(2)19-10-12-20(13-11-19)23-22(24(29)21-8-4-3-5-9-21)25(30)26(31)28(23)16-18-7-6-14-27-15-18/h3-15,17,23,29H,16H2,1-2H3/b24-22+. The minimum absolute atomic E-state index is 0.00778. The van der Waals surface area contributed by atoms with Gasteiger partial charge in [-0.05, 0) is 28.7 Å². The van der Waals surface area contributed by atoms with E-state index in [1.54, 1.807) is 36.7 Å². The Balaban J connectivity index is 1.84. The summed E-state index contributed by atoms with van der Waals surface area (Å²) < 4.78 is 0. The second-order valence-corrected chi connectivity index (χ2v) is 8.01. The van der Waals surface area contributed by atoms with Gasteiger partial charge in [-0.2, -0.15) is 0 Å². The number of benzene rings is 2. The summed E-state index contributed by atoms with van der Waals surface area (Å²) in [5.41, 5.74) is 3.16. The third-order valence-corrected chi connectivity index (χ3v) is 5.61. The summed E-state index contributed by atoms with van der Waals surface area (Å²) in [6, 6.07) is 19.4. The predicted molar refractivity (Wildman–Crippen MR) is 115 cm³/mol. The normalized spacial score (nSPS) is 18.0. The van der Waals surface area contributed by atoms with Gasteiger partial charge in [0.15, 0.2) is 12.4 Å². The molecule has 2 heterocycles. The number of hydrogen-bond acceptors (Lipinski definition) is 3. The van der Waals surface area contributed by atoms with Gasteiger partial charge in [0.25, 0.3) is 5.91 Å². The number of ketones is 1. The van der Waals surface area contributed by atoms with Crippen LogP contribution in [0.25, 0.3) is 5.76 Å². The number of nitrogens with zero attached hydrogens (tertiary/aromatic N) is 1. The zero-order valence-corrected chi connectivity index (χ0v) is 17.5. The third kappa shape index (κ3) is 3.99. The average molecular weight is 412 g/mol. The van der Waals surface area contributed by atoms with Crippen LogP contribution in [0, 0.1) is 0 Å². The van der Waals surface area contributed by atoms with Crippen LogP contribution in [-0.4, -0.2) is 16.6 Å². The number of rotatable bonds is 5. The Kier molecular flexibility index (Phi) is 5.67. The zero-order chi connectivity index (χ0) is 22.0. The van der Waals surface area contributed by atoms with E-state index >= 15 is 0 Å². The molecule has 0 spiro atoms. The molecule has 1 unspecified atom stereocenters. The molecule has 5 nitrogen and oxygen atoms in total. The van der Waals surface area contributed by atoms with E-state index in [0.717, 1.165) is 16.7 Å². The number of likely N-dealkylation sites (tertiary alicyclic amines) is 1. The molecule has 0 saturated carbocycles. The molecule has 1 saturated heterocycles. The van der Waals surface area contributed by atoms with Crippen molar-refractivity contribution in [3.63, 3.8) is 0 Å².